The van der Waals surface area contributed by atoms with Crippen molar-refractivity contribution in [2.75, 3.05) is 17.6 Å². The summed E-state index contributed by atoms with van der Waals surface area (Å²) in [4.78, 5) is 0. The number of aromatic nitrogens is 2. The molecule has 0 saturated heterocycles. The Morgan fingerprint density at radius 2 is 1.94 bits per heavy atom. The van der Waals surface area contributed by atoms with Crippen molar-refractivity contribution in [1.29, 1.82) is 0 Å². The molecule has 0 aliphatic heterocycles. The van der Waals surface area contributed by atoms with Gasteiger partial charge in [0.15, 0.2) is 0 Å². The van der Waals surface area contributed by atoms with Gasteiger partial charge in [0.25, 0.3) is 0 Å². The summed E-state index contributed by atoms with van der Waals surface area (Å²) in [5.41, 5.74) is 6.84. The molecule has 1 heterocycles. The molecule has 0 unspecified atom stereocenters. The molecule has 0 saturated carbocycles. The van der Waals surface area contributed by atoms with Crippen LogP contribution in [0.2, 0.25) is 0 Å². The second kappa shape index (κ2) is 4.82. The number of aromatic amines is 1. The fourth-order valence-electron chi connectivity index (χ4n) is 1.53. The van der Waals surface area contributed by atoms with Crippen LogP contribution in [0.3, 0.4) is 0 Å². The van der Waals surface area contributed by atoms with Crippen molar-refractivity contribution >= 4 is 11.5 Å². The molecule has 2 aromatic rings. The molecule has 17 heavy (non-hydrogen) atoms. The summed E-state index contributed by atoms with van der Waals surface area (Å²) in [5, 5.41) is 9.34. The number of nitrogens with two attached hydrogens (primary N) is 1. The normalized spacial score (nSPS) is 10.5. The minimum atomic E-state index is -0.567. The quantitative estimate of drug-likeness (QED) is 0.762. The van der Waals surface area contributed by atoms with Gasteiger partial charge in [-0.05, 0) is 24.1 Å². The zero-order chi connectivity index (χ0) is 12.3. The van der Waals surface area contributed by atoms with Crippen LogP contribution in [0.4, 0.5) is 20.3 Å². The van der Waals surface area contributed by atoms with Gasteiger partial charge >= 0.3 is 0 Å². The first-order valence-corrected chi connectivity index (χ1v) is 5.13. The monoisotopic (exact) mass is 238 g/mol. The van der Waals surface area contributed by atoms with Gasteiger partial charge in [-0.15, -0.1) is 0 Å². The van der Waals surface area contributed by atoms with Crippen LogP contribution in [0.1, 0.15) is 5.56 Å². The van der Waals surface area contributed by atoms with Gasteiger partial charge in [0, 0.05) is 12.6 Å². The summed E-state index contributed by atoms with van der Waals surface area (Å²) < 4.78 is 25.8. The molecule has 4 nitrogen and oxygen atoms in total. The SMILES string of the molecule is Nc1[nH]ncc1NCCc1cc(F)cc(F)c1. The number of H-pyrrole nitrogens is 1. The highest BCUT2D eigenvalue weighted by Gasteiger charge is 2.02. The molecule has 1 aromatic carbocycles. The van der Waals surface area contributed by atoms with Gasteiger partial charge in [0.05, 0.1) is 11.9 Å². The number of hydrogen-bond acceptors (Lipinski definition) is 3. The summed E-state index contributed by atoms with van der Waals surface area (Å²) in [6.45, 7) is 0.520. The second-order valence-electron chi connectivity index (χ2n) is 3.65. The van der Waals surface area contributed by atoms with Crippen molar-refractivity contribution in [2.24, 2.45) is 0 Å². The molecule has 0 aliphatic carbocycles. The number of nitrogens with one attached hydrogen (secondary N) is 2. The van der Waals surface area contributed by atoms with Crippen LogP contribution in [-0.4, -0.2) is 16.7 Å². The lowest BCUT2D eigenvalue weighted by atomic mass is 10.1. The van der Waals surface area contributed by atoms with Crippen molar-refractivity contribution in [3.63, 3.8) is 0 Å². The molecule has 1 aromatic heterocycles. The molecule has 0 bridgehead atoms. The summed E-state index contributed by atoms with van der Waals surface area (Å²) in [7, 11) is 0. The maximum Gasteiger partial charge on any atom is 0.142 e. The zero-order valence-corrected chi connectivity index (χ0v) is 9.00. The molecule has 0 spiro atoms. The lowest BCUT2D eigenvalue weighted by Gasteiger charge is -2.05. The Morgan fingerprint density at radius 1 is 1.24 bits per heavy atom. The molecule has 0 radical (unpaired) electrons. The summed E-state index contributed by atoms with van der Waals surface area (Å²) in [6.07, 6.45) is 2.06. The first-order chi connectivity index (χ1) is 8.15. The molecule has 6 heteroatoms. The summed E-state index contributed by atoms with van der Waals surface area (Å²) >= 11 is 0. The van der Waals surface area contributed by atoms with Crippen molar-refractivity contribution < 1.29 is 8.78 Å². The Labute approximate surface area is 96.8 Å². The number of hydrogen-bond donors (Lipinski definition) is 3. The number of halogens is 2. The van der Waals surface area contributed by atoms with Crippen molar-refractivity contribution in [1.82, 2.24) is 10.2 Å². The van der Waals surface area contributed by atoms with Gasteiger partial charge in [0.2, 0.25) is 0 Å². The van der Waals surface area contributed by atoms with Gasteiger partial charge in [-0.2, -0.15) is 5.10 Å². The maximum absolute atomic E-state index is 12.9. The lowest BCUT2D eigenvalue weighted by Crippen LogP contribution is -2.06. The molecular weight excluding hydrogens is 226 g/mol. The van der Waals surface area contributed by atoms with E-state index in [1.54, 1.807) is 6.20 Å². The smallest absolute Gasteiger partial charge is 0.142 e. The topological polar surface area (TPSA) is 66.7 Å². The molecule has 0 aliphatic rings. The van der Waals surface area contributed by atoms with E-state index in [1.807, 2.05) is 0 Å². The van der Waals surface area contributed by atoms with E-state index in [4.69, 9.17) is 5.73 Å². The number of rotatable bonds is 4. The van der Waals surface area contributed by atoms with Crippen LogP contribution in [0, 0.1) is 11.6 Å². The van der Waals surface area contributed by atoms with E-state index in [2.05, 4.69) is 15.5 Å². The molecule has 2 rings (SSSR count). The zero-order valence-electron chi connectivity index (χ0n) is 9.00. The highest BCUT2D eigenvalue weighted by atomic mass is 19.1. The fraction of sp³-hybridized carbons (Fsp3) is 0.182. The molecular formula is C11H12F2N4. The van der Waals surface area contributed by atoms with Crippen LogP contribution in [0.5, 0.6) is 0 Å². The van der Waals surface area contributed by atoms with Crippen LogP contribution < -0.4 is 11.1 Å². The third kappa shape index (κ3) is 2.93. The third-order valence-corrected chi connectivity index (χ3v) is 2.32. The van der Waals surface area contributed by atoms with Gasteiger partial charge < -0.3 is 11.1 Å². The van der Waals surface area contributed by atoms with Gasteiger partial charge in [-0.3, -0.25) is 5.10 Å². The molecule has 90 valence electrons. The van der Waals surface area contributed by atoms with Gasteiger partial charge in [-0.1, -0.05) is 0 Å². The first kappa shape index (κ1) is 11.4. The van der Waals surface area contributed by atoms with Gasteiger partial charge in [0.1, 0.15) is 17.5 Å². The van der Waals surface area contributed by atoms with Crippen molar-refractivity contribution in [3.8, 4) is 0 Å². The Morgan fingerprint density at radius 3 is 2.53 bits per heavy atom. The van der Waals surface area contributed by atoms with E-state index < -0.39 is 11.6 Å². The lowest BCUT2D eigenvalue weighted by molar-refractivity contribution is 0.580. The van der Waals surface area contributed by atoms with Gasteiger partial charge in [-0.25, -0.2) is 8.78 Å². The largest absolute Gasteiger partial charge is 0.382 e. The molecule has 0 atom stereocenters. The number of benzene rings is 1. The van der Waals surface area contributed by atoms with Crippen molar-refractivity contribution in [3.05, 3.63) is 41.6 Å². The predicted octanol–water partition coefficient (Wildman–Crippen LogP) is 1.92. The Hall–Kier alpha value is -2.11. The van der Waals surface area contributed by atoms with E-state index in [0.29, 0.717) is 30.0 Å². The summed E-state index contributed by atoms with van der Waals surface area (Å²) in [6, 6.07) is 3.47. The minimum Gasteiger partial charge on any atom is -0.382 e. The Bertz CT molecular complexity index is 490. The van der Waals surface area contributed by atoms with Crippen LogP contribution in [-0.2, 0) is 6.42 Å². The fourth-order valence-corrected chi connectivity index (χ4v) is 1.53. The van der Waals surface area contributed by atoms with E-state index in [-0.39, 0.29) is 0 Å². The van der Waals surface area contributed by atoms with Crippen molar-refractivity contribution in [2.45, 2.75) is 6.42 Å². The molecule has 0 amide bonds. The van der Waals surface area contributed by atoms with E-state index >= 15 is 0 Å². The average Bonchev–Trinajstić information content (AvgIpc) is 2.63. The van der Waals surface area contributed by atoms with Crippen LogP contribution >= 0.6 is 0 Å². The third-order valence-electron chi connectivity index (χ3n) is 2.32. The van der Waals surface area contributed by atoms with Crippen LogP contribution in [0.15, 0.2) is 24.4 Å². The summed E-state index contributed by atoms with van der Waals surface area (Å²) in [5.74, 6) is -0.693. The maximum atomic E-state index is 12.9. The van der Waals surface area contributed by atoms with E-state index in [0.717, 1.165) is 6.07 Å². The number of nitrogen functional groups attached to an aromatic ring is 1. The number of anilines is 2. The predicted molar refractivity (Wildman–Crippen MR) is 61.6 cm³/mol. The number of nitrogens with zero attached hydrogens (tertiary/aromatic N) is 1. The van der Waals surface area contributed by atoms with Crippen LogP contribution in [0.25, 0.3) is 0 Å². The van der Waals surface area contributed by atoms with E-state index in [1.165, 1.54) is 12.1 Å². The standard InChI is InChI=1S/C11H12F2N4/c12-8-3-7(4-9(13)5-8)1-2-15-10-6-16-17-11(10)14/h3-6,15H,1-2H2,(H3,14,16,17). The minimum absolute atomic E-state index is 0.440. The molecule has 4 N–H and O–H groups in total. The average molecular weight is 238 g/mol. The van der Waals surface area contributed by atoms with E-state index in [9.17, 15) is 8.78 Å². The highest BCUT2D eigenvalue weighted by molar-refractivity contribution is 5.59. The highest BCUT2D eigenvalue weighted by Crippen LogP contribution is 2.13. The first-order valence-electron chi connectivity index (χ1n) is 5.13. The Balaban J connectivity index is 1.92. The second-order valence-corrected chi connectivity index (χ2v) is 3.65. The Kier molecular flexibility index (Phi) is 3.22. The molecule has 0 fully saturated rings.